The molecule has 0 atom stereocenters. The molecule has 120 valence electrons. The van der Waals surface area contributed by atoms with Crippen LogP contribution in [0.3, 0.4) is 0 Å². The van der Waals surface area contributed by atoms with Gasteiger partial charge in [-0.2, -0.15) is 0 Å². The van der Waals surface area contributed by atoms with Gasteiger partial charge < -0.3 is 0 Å². The van der Waals surface area contributed by atoms with Crippen LogP contribution in [0.5, 0.6) is 0 Å². The minimum absolute atomic E-state index is 0.486. The molecule has 1 rings (SSSR count). The highest BCUT2D eigenvalue weighted by atomic mass is 14.1. The molecule has 0 N–H and O–H groups in total. The SMILES string of the molecule is CC(C)CCCCc1ccc(CCCCC(C)(C)C)cc1. The van der Waals surface area contributed by atoms with Crippen molar-refractivity contribution in [1.82, 2.24) is 0 Å². The van der Waals surface area contributed by atoms with E-state index in [0.717, 1.165) is 5.92 Å². The van der Waals surface area contributed by atoms with Crippen molar-refractivity contribution in [3.8, 4) is 0 Å². The van der Waals surface area contributed by atoms with E-state index < -0.39 is 0 Å². The van der Waals surface area contributed by atoms with Crippen molar-refractivity contribution in [2.45, 2.75) is 86.0 Å². The molecule has 1 aromatic carbocycles. The third-order valence-electron chi connectivity index (χ3n) is 4.16. The number of hydrogen-bond donors (Lipinski definition) is 0. The summed E-state index contributed by atoms with van der Waals surface area (Å²) in [5, 5.41) is 0. The lowest BCUT2D eigenvalue weighted by atomic mass is 9.89. The number of benzene rings is 1. The van der Waals surface area contributed by atoms with Gasteiger partial charge in [0.15, 0.2) is 0 Å². The summed E-state index contributed by atoms with van der Waals surface area (Å²) in [5.74, 6) is 0.848. The molecule has 0 fully saturated rings. The second-order valence-corrected chi connectivity index (χ2v) is 8.22. The molecule has 0 spiro atoms. The van der Waals surface area contributed by atoms with Gasteiger partial charge in [-0.05, 0) is 54.6 Å². The van der Waals surface area contributed by atoms with E-state index in [0.29, 0.717) is 5.41 Å². The predicted molar refractivity (Wildman–Crippen MR) is 95.8 cm³/mol. The van der Waals surface area contributed by atoms with Crippen LogP contribution in [0.1, 0.15) is 84.3 Å². The molecule has 0 heteroatoms. The predicted octanol–water partition coefficient (Wildman–Crippen LogP) is 6.81. The molecule has 0 aliphatic heterocycles. The molecule has 1 aromatic rings. The minimum atomic E-state index is 0.486. The zero-order valence-corrected chi connectivity index (χ0v) is 15.0. The maximum Gasteiger partial charge on any atom is -0.0279 e. The molecule has 0 nitrogen and oxygen atoms in total. The molecule has 0 heterocycles. The Morgan fingerprint density at radius 2 is 1.24 bits per heavy atom. The largest absolute Gasteiger partial charge is 0.0628 e. The third kappa shape index (κ3) is 9.72. The Hall–Kier alpha value is -0.780. The summed E-state index contributed by atoms with van der Waals surface area (Å²) < 4.78 is 0. The Morgan fingerprint density at radius 1 is 0.762 bits per heavy atom. The molecule has 0 amide bonds. The molecule has 0 aliphatic rings. The van der Waals surface area contributed by atoms with E-state index >= 15 is 0 Å². The summed E-state index contributed by atoms with van der Waals surface area (Å²) in [6, 6.07) is 9.37. The molecular formula is C21H36. The lowest BCUT2D eigenvalue weighted by molar-refractivity contribution is 0.360. The van der Waals surface area contributed by atoms with Crippen molar-refractivity contribution in [2.75, 3.05) is 0 Å². The standard InChI is InChI=1S/C21H36/c1-18(2)10-6-7-11-19-13-15-20(16-14-19)12-8-9-17-21(3,4)5/h13-16,18H,6-12,17H2,1-5H3. The Bertz CT molecular complexity index is 364. The molecule has 0 saturated carbocycles. The molecule has 0 aromatic heterocycles. The highest BCUT2D eigenvalue weighted by Gasteiger charge is 2.08. The normalized spacial score (nSPS) is 12.1. The zero-order valence-electron chi connectivity index (χ0n) is 15.0. The van der Waals surface area contributed by atoms with E-state index in [1.807, 2.05) is 0 Å². The van der Waals surface area contributed by atoms with Crippen molar-refractivity contribution in [3.05, 3.63) is 35.4 Å². The number of aryl methyl sites for hydroxylation is 2. The van der Waals surface area contributed by atoms with Crippen LogP contribution in [0.25, 0.3) is 0 Å². The van der Waals surface area contributed by atoms with Gasteiger partial charge in [-0.3, -0.25) is 0 Å². The van der Waals surface area contributed by atoms with Crippen molar-refractivity contribution in [2.24, 2.45) is 11.3 Å². The lowest BCUT2D eigenvalue weighted by Gasteiger charge is -2.17. The number of unbranched alkanes of at least 4 members (excludes halogenated alkanes) is 2. The van der Waals surface area contributed by atoms with Gasteiger partial charge in [0.05, 0.1) is 0 Å². The summed E-state index contributed by atoms with van der Waals surface area (Å²) in [6.45, 7) is 11.6. The first-order valence-electron chi connectivity index (χ1n) is 8.94. The summed E-state index contributed by atoms with van der Waals surface area (Å²) >= 11 is 0. The minimum Gasteiger partial charge on any atom is -0.0628 e. The third-order valence-corrected chi connectivity index (χ3v) is 4.16. The molecule has 0 radical (unpaired) electrons. The average molecular weight is 289 g/mol. The van der Waals surface area contributed by atoms with E-state index in [9.17, 15) is 0 Å². The maximum absolute atomic E-state index is 2.34. The van der Waals surface area contributed by atoms with E-state index in [-0.39, 0.29) is 0 Å². The fourth-order valence-electron chi connectivity index (χ4n) is 2.74. The smallest absolute Gasteiger partial charge is 0.0279 e. The zero-order chi connectivity index (χ0) is 15.7. The summed E-state index contributed by atoms with van der Waals surface area (Å²) in [7, 11) is 0. The van der Waals surface area contributed by atoms with Crippen LogP contribution < -0.4 is 0 Å². The van der Waals surface area contributed by atoms with Gasteiger partial charge in [0, 0.05) is 0 Å². The van der Waals surface area contributed by atoms with Crippen LogP contribution in [0.4, 0.5) is 0 Å². The second kappa shape index (κ2) is 9.28. The van der Waals surface area contributed by atoms with Crippen molar-refractivity contribution in [3.63, 3.8) is 0 Å². The lowest BCUT2D eigenvalue weighted by Crippen LogP contribution is -2.04. The summed E-state index contributed by atoms with van der Waals surface area (Å²) in [5.41, 5.74) is 3.51. The molecule has 0 bridgehead atoms. The van der Waals surface area contributed by atoms with Crippen LogP contribution in [0.2, 0.25) is 0 Å². The van der Waals surface area contributed by atoms with Gasteiger partial charge in [0.25, 0.3) is 0 Å². The van der Waals surface area contributed by atoms with Crippen molar-refractivity contribution >= 4 is 0 Å². The molecule has 0 aliphatic carbocycles. The second-order valence-electron chi connectivity index (χ2n) is 8.22. The Labute approximate surface area is 133 Å². The Morgan fingerprint density at radius 3 is 1.67 bits per heavy atom. The van der Waals surface area contributed by atoms with E-state index in [4.69, 9.17) is 0 Å². The molecule has 0 unspecified atom stereocenters. The van der Waals surface area contributed by atoms with Gasteiger partial charge in [-0.1, -0.05) is 78.1 Å². The van der Waals surface area contributed by atoms with Gasteiger partial charge in [-0.15, -0.1) is 0 Å². The number of hydrogen-bond acceptors (Lipinski definition) is 0. The van der Waals surface area contributed by atoms with Gasteiger partial charge in [0.1, 0.15) is 0 Å². The molecular weight excluding hydrogens is 252 g/mol. The van der Waals surface area contributed by atoms with Gasteiger partial charge in [0.2, 0.25) is 0 Å². The fraction of sp³-hybridized carbons (Fsp3) is 0.714. The summed E-state index contributed by atoms with van der Waals surface area (Å²) in [6.07, 6.45) is 10.6. The molecule has 21 heavy (non-hydrogen) atoms. The number of rotatable bonds is 9. The van der Waals surface area contributed by atoms with Crippen LogP contribution in [0, 0.1) is 11.3 Å². The van der Waals surface area contributed by atoms with Crippen LogP contribution in [0.15, 0.2) is 24.3 Å². The van der Waals surface area contributed by atoms with Crippen LogP contribution in [-0.2, 0) is 12.8 Å². The average Bonchev–Trinajstić information content (AvgIpc) is 2.40. The highest BCUT2D eigenvalue weighted by Crippen LogP contribution is 2.22. The van der Waals surface area contributed by atoms with Crippen LogP contribution >= 0.6 is 0 Å². The van der Waals surface area contributed by atoms with Crippen molar-refractivity contribution in [1.29, 1.82) is 0 Å². The van der Waals surface area contributed by atoms with Crippen LogP contribution in [-0.4, -0.2) is 0 Å². The Balaban J connectivity index is 2.21. The first-order valence-corrected chi connectivity index (χ1v) is 8.94. The quantitative estimate of drug-likeness (QED) is 0.438. The van der Waals surface area contributed by atoms with E-state index in [1.54, 1.807) is 0 Å². The topological polar surface area (TPSA) is 0 Å². The molecule has 0 saturated heterocycles. The highest BCUT2D eigenvalue weighted by molar-refractivity contribution is 5.22. The monoisotopic (exact) mass is 288 g/mol. The first kappa shape index (κ1) is 18.3. The Kier molecular flexibility index (Phi) is 8.07. The van der Waals surface area contributed by atoms with Crippen molar-refractivity contribution < 1.29 is 0 Å². The van der Waals surface area contributed by atoms with E-state index in [2.05, 4.69) is 58.9 Å². The summed E-state index contributed by atoms with van der Waals surface area (Å²) in [4.78, 5) is 0. The van der Waals surface area contributed by atoms with Gasteiger partial charge in [-0.25, -0.2) is 0 Å². The maximum atomic E-state index is 2.34. The fourth-order valence-corrected chi connectivity index (χ4v) is 2.74. The first-order chi connectivity index (χ1) is 9.87. The van der Waals surface area contributed by atoms with Gasteiger partial charge >= 0.3 is 0 Å². The van der Waals surface area contributed by atoms with E-state index in [1.165, 1.54) is 62.5 Å².